The number of hydrogen-bond donors (Lipinski definition) is 1. The Labute approximate surface area is 156 Å². The van der Waals surface area contributed by atoms with Crippen LogP contribution in [0.25, 0.3) is 10.8 Å². The molecular weight excluding hydrogens is 346 g/mol. The van der Waals surface area contributed by atoms with E-state index in [1.54, 1.807) is 42.5 Å². The van der Waals surface area contributed by atoms with Gasteiger partial charge in [-0.3, -0.25) is 9.78 Å². The maximum absolute atomic E-state index is 13.0. The number of benzene rings is 2. The number of carboxylic acid groups (broad SMARTS) is 1. The van der Waals surface area contributed by atoms with Gasteiger partial charge in [0.1, 0.15) is 17.2 Å². The third kappa shape index (κ3) is 3.74. The Morgan fingerprint density at radius 3 is 2.48 bits per heavy atom. The summed E-state index contributed by atoms with van der Waals surface area (Å²) in [7, 11) is 1.50. The third-order valence-electron chi connectivity index (χ3n) is 4.01. The average molecular weight is 365 g/mol. The second-order valence-corrected chi connectivity index (χ2v) is 6.26. The minimum Gasteiger partial charge on any atom is -0.497 e. The standard InChI is InChI=1S/C21H19NO5/c1-12(2)27-15-6-4-5-13(9-15)20(23)19-16-8-7-14(26-3)10-17(16)18(11-22-19)21(24)25/h4-12H,1-3H3,(H,24,25). The van der Waals surface area contributed by atoms with Crippen molar-refractivity contribution in [3.8, 4) is 11.5 Å². The molecule has 0 atom stereocenters. The van der Waals surface area contributed by atoms with Crippen LogP contribution in [0.2, 0.25) is 0 Å². The highest BCUT2D eigenvalue weighted by Crippen LogP contribution is 2.28. The second-order valence-electron chi connectivity index (χ2n) is 6.26. The number of aromatic nitrogens is 1. The SMILES string of the molecule is COc1ccc2c(C(=O)c3cccc(OC(C)C)c3)ncc(C(=O)O)c2c1. The molecule has 3 rings (SSSR count). The van der Waals surface area contributed by atoms with Crippen molar-refractivity contribution in [2.45, 2.75) is 20.0 Å². The first-order valence-electron chi connectivity index (χ1n) is 8.42. The van der Waals surface area contributed by atoms with Crippen LogP contribution >= 0.6 is 0 Å². The van der Waals surface area contributed by atoms with Crippen LogP contribution in [-0.2, 0) is 0 Å². The Morgan fingerprint density at radius 2 is 1.81 bits per heavy atom. The lowest BCUT2D eigenvalue weighted by Crippen LogP contribution is -2.09. The molecule has 27 heavy (non-hydrogen) atoms. The summed E-state index contributed by atoms with van der Waals surface area (Å²) in [6.45, 7) is 3.81. The molecule has 0 saturated carbocycles. The topological polar surface area (TPSA) is 85.7 Å². The lowest BCUT2D eigenvalue weighted by Gasteiger charge is -2.12. The van der Waals surface area contributed by atoms with Crippen molar-refractivity contribution >= 4 is 22.5 Å². The molecule has 0 unspecified atom stereocenters. The van der Waals surface area contributed by atoms with Crippen LogP contribution in [0.15, 0.2) is 48.7 Å². The van der Waals surface area contributed by atoms with Gasteiger partial charge < -0.3 is 14.6 Å². The van der Waals surface area contributed by atoms with E-state index in [0.717, 1.165) is 0 Å². The van der Waals surface area contributed by atoms with Crippen LogP contribution in [0.3, 0.4) is 0 Å². The van der Waals surface area contributed by atoms with Gasteiger partial charge in [-0.15, -0.1) is 0 Å². The van der Waals surface area contributed by atoms with Gasteiger partial charge in [-0.1, -0.05) is 12.1 Å². The summed E-state index contributed by atoms with van der Waals surface area (Å²) in [5.41, 5.74) is 0.609. The zero-order valence-corrected chi connectivity index (χ0v) is 15.2. The van der Waals surface area contributed by atoms with Crippen molar-refractivity contribution in [2.24, 2.45) is 0 Å². The van der Waals surface area contributed by atoms with Gasteiger partial charge in [-0.2, -0.15) is 0 Å². The van der Waals surface area contributed by atoms with E-state index in [9.17, 15) is 14.7 Å². The summed E-state index contributed by atoms with van der Waals surface area (Å²) >= 11 is 0. The normalized spacial score (nSPS) is 10.8. The van der Waals surface area contributed by atoms with Crippen LogP contribution in [0.1, 0.15) is 40.3 Å². The first kappa shape index (κ1) is 18.4. The van der Waals surface area contributed by atoms with Crippen molar-refractivity contribution in [1.29, 1.82) is 0 Å². The molecule has 1 aromatic heterocycles. The molecule has 0 bridgehead atoms. The molecule has 2 aromatic carbocycles. The maximum Gasteiger partial charge on any atom is 0.337 e. The van der Waals surface area contributed by atoms with Crippen LogP contribution in [0, 0.1) is 0 Å². The quantitative estimate of drug-likeness (QED) is 0.666. The molecule has 1 heterocycles. The molecule has 0 radical (unpaired) electrons. The molecule has 0 aliphatic heterocycles. The molecule has 6 nitrogen and oxygen atoms in total. The van der Waals surface area contributed by atoms with Crippen molar-refractivity contribution < 1.29 is 24.2 Å². The Bertz CT molecular complexity index is 1030. The van der Waals surface area contributed by atoms with Crippen molar-refractivity contribution in [1.82, 2.24) is 4.98 Å². The number of carboxylic acids is 1. The number of carbonyl (C=O) groups excluding carboxylic acids is 1. The van der Waals surface area contributed by atoms with Gasteiger partial charge in [0, 0.05) is 22.5 Å². The Kier molecular flexibility index (Phi) is 5.07. The van der Waals surface area contributed by atoms with Crippen molar-refractivity contribution in [3.05, 3.63) is 65.5 Å². The highest BCUT2D eigenvalue weighted by Gasteiger charge is 2.19. The number of pyridine rings is 1. The number of methoxy groups -OCH3 is 1. The number of ketones is 1. The van der Waals surface area contributed by atoms with Gasteiger partial charge in [-0.05, 0) is 44.2 Å². The van der Waals surface area contributed by atoms with E-state index in [-0.39, 0.29) is 23.1 Å². The molecule has 3 aromatic rings. The van der Waals surface area contributed by atoms with Gasteiger partial charge in [0.05, 0.1) is 18.8 Å². The molecule has 0 aliphatic rings. The van der Waals surface area contributed by atoms with Crippen molar-refractivity contribution in [2.75, 3.05) is 7.11 Å². The van der Waals surface area contributed by atoms with E-state index < -0.39 is 5.97 Å². The number of ether oxygens (including phenoxy) is 2. The summed E-state index contributed by atoms with van der Waals surface area (Å²) < 4.78 is 10.8. The molecule has 1 N–H and O–H groups in total. The highest BCUT2D eigenvalue weighted by atomic mass is 16.5. The zero-order chi connectivity index (χ0) is 19.6. The number of nitrogens with zero attached hydrogens (tertiary/aromatic N) is 1. The number of hydrogen-bond acceptors (Lipinski definition) is 5. The predicted octanol–water partition coefficient (Wildman–Crippen LogP) is 3.96. The number of carbonyl (C=O) groups is 2. The van der Waals surface area contributed by atoms with Gasteiger partial charge in [0.25, 0.3) is 0 Å². The molecule has 0 amide bonds. The first-order valence-corrected chi connectivity index (χ1v) is 8.42. The largest absolute Gasteiger partial charge is 0.497 e. The molecule has 6 heteroatoms. The van der Waals surface area contributed by atoms with E-state index in [0.29, 0.717) is 27.8 Å². The Morgan fingerprint density at radius 1 is 1.04 bits per heavy atom. The predicted molar refractivity (Wildman–Crippen MR) is 101 cm³/mol. The van der Waals surface area contributed by atoms with Crippen LogP contribution in [0.5, 0.6) is 11.5 Å². The molecule has 0 saturated heterocycles. The zero-order valence-electron chi connectivity index (χ0n) is 15.2. The monoisotopic (exact) mass is 365 g/mol. The summed E-state index contributed by atoms with van der Waals surface area (Å²) in [4.78, 5) is 28.7. The van der Waals surface area contributed by atoms with E-state index in [1.165, 1.54) is 13.3 Å². The van der Waals surface area contributed by atoms with E-state index in [2.05, 4.69) is 4.98 Å². The Balaban J connectivity index is 2.13. The molecular formula is C21H19NO5. The smallest absolute Gasteiger partial charge is 0.337 e. The lowest BCUT2D eigenvalue weighted by molar-refractivity contribution is 0.0698. The van der Waals surface area contributed by atoms with Gasteiger partial charge >= 0.3 is 5.97 Å². The lowest BCUT2D eigenvalue weighted by atomic mass is 9.99. The minimum atomic E-state index is -1.12. The van der Waals surface area contributed by atoms with Crippen LogP contribution in [-0.4, -0.2) is 35.1 Å². The third-order valence-corrected chi connectivity index (χ3v) is 4.01. The fourth-order valence-electron chi connectivity index (χ4n) is 2.82. The summed E-state index contributed by atoms with van der Waals surface area (Å²) in [6.07, 6.45) is 1.18. The summed E-state index contributed by atoms with van der Waals surface area (Å²) in [6, 6.07) is 11.8. The minimum absolute atomic E-state index is 0.0114. The first-order chi connectivity index (χ1) is 12.9. The fraction of sp³-hybridized carbons (Fsp3) is 0.190. The number of fused-ring (bicyclic) bond motifs is 1. The van der Waals surface area contributed by atoms with E-state index in [1.807, 2.05) is 13.8 Å². The molecule has 138 valence electrons. The van der Waals surface area contributed by atoms with E-state index >= 15 is 0 Å². The molecule has 0 aliphatic carbocycles. The number of rotatable bonds is 6. The van der Waals surface area contributed by atoms with Crippen molar-refractivity contribution in [3.63, 3.8) is 0 Å². The van der Waals surface area contributed by atoms with Gasteiger partial charge in [0.15, 0.2) is 0 Å². The Hall–Kier alpha value is -3.41. The highest BCUT2D eigenvalue weighted by molar-refractivity contribution is 6.17. The fourth-order valence-corrected chi connectivity index (χ4v) is 2.82. The van der Waals surface area contributed by atoms with E-state index in [4.69, 9.17) is 9.47 Å². The second kappa shape index (κ2) is 7.45. The summed E-state index contributed by atoms with van der Waals surface area (Å²) in [5.74, 6) is -0.339. The molecule has 0 fully saturated rings. The average Bonchev–Trinajstić information content (AvgIpc) is 2.65. The molecule has 0 spiro atoms. The summed E-state index contributed by atoms with van der Waals surface area (Å²) in [5, 5.41) is 10.3. The van der Waals surface area contributed by atoms with Crippen LogP contribution < -0.4 is 9.47 Å². The van der Waals surface area contributed by atoms with Crippen LogP contribution in [0.4, 0.5) is 0 Å². The number of aromatic carboxylic acids is 1. The van der Waals surface area contributed by atoms with Gasteiger partial charge in [-0.25, -0.2) is 4.79 Å². The van der Waals surface area contributed by atoms with Gasteiger partial charge in [0.2, 0.25) is 5.78 Å². The maximum atomic E-state index is 13.0.